The number of hydrogen-bond acceptors (Lipinski definition) is 5. The van der Waals surface area contributed by atoms with Gasteiger partial charge in [-0.2, -0.15) is 0 Å². The van der Waals surface area contributed by atoms with E-state index in [-0.39, 0.29) is 26.7 Å². The summed E-state index contributed by atoms with van der Waals surface area (Å²) in [5.74, 6) is 64.1. The van der Waals surface area contributed by atoms with Crippen LogP contribution in [0, 0.1) is 193 Å². The summed E-state index contributed by atoms with van der Waals surface area (Å²) < 4.78 is 23.3. The maximum absolute atomic E-state index is 6.02. The van der Waals surface area contributed by atoms with Crippen molar-refractivity contribution in [2.75, 3.05) is 6.61 Å². The number of pyridine rings is 1. The minimum atomic E-state index is 0. The molecule has 1 aromatic heterocycles. The fourth-order valence-electron chi connectivity index (χ4n) is 9.75. The van der Waals surface area contributed by atoms with Crippen molar-refractivity contribution in [1.82, 2.24) is 4.98 Å². The van der Waals surface area contributed by atoms with Gasteiger partial charge in [0.15, 0.2) is 0 Å². The van der Waals surface area contributed by atoms with Crippen LogP contribution in [0.1, 0.15) is 12.5 Å². The van der Waals surface area contributed by atoms with Crippen LogP contribution in [0.4, 0.5) is 0 Å². The van der Waals surface area contributed by atoms with E-state index in [1.54, 1.807) is 13.1 Å². The van der Waals surface area contributed by atoms with Crippen LogP contribution >= 0.6 is 0 Å². The Kier molecular flexibility index (Phi) is 24.8. The third-order valence-electron chi connectivity index (χ3n) is 14.0. The van der Waals surface area contributed by atoms with E-state index in [9.17, 15) is 0 Å². The molecule has 1 heterocycles. The van der Waals surface area contributed by atoms with Crippen LogP contribution in [-0.2, 0) is 20.1 Å². The first-order valence-electron chi connectivity index (χ1n) is 29.7. The molecule has 6 heteroatoms. The number of ether oxygens (including phenoxy) is 4. The van der Waals surface area contributed by atoms with Gasteiger partial charge in [0.25, 0.3) is 0 Å². The van der Waals surface area contributed by atoms with E-state index in [4.69, 9.17) is 38.2 Å². The molecule has 5 nitrogen and oxygen atoms in total. The molecular weight excluding hydrogens is 1380 g/mol. The summed E-state index contributed by atoms with van der Waals surface area (Å²) >= 11 is 0. The molecule has 0 atom stereocenters. The molecule has 0 N–H and O–H groups in total. The van der Waals surface area contributed by atoms with Crippen molar-refractivity contribution in [3.05, 3.63) is 224 Å². The molecule has 0 bridgehead atoms. The van der Waals surface area contributed by atoms with Crippen molar-refractivity contribution < 1.29 is 39.1 Å². The molecule has 0 saturated heterocycles. The first kappa shape index (κ1) is 67.8. The van der Waals surface area contributed by atoms with Crippen LogP contribution in [0.5, 0.6) is 23.0 Å². The third kappa shape index (κ3) is 19.7. The molecule has 453 valence electrons. The van der Waals surface area contributed by atoms with Gasteiger partial charge >= 0.3 is 0 Å². The number of hydrogen-bond donors (Lipinski definition) is 0. The molecule has 10 rings (SSSR count). The van der Waals surface area contributed by atoms with E-state index in [1.165, 1.54) is 0 Å². The third-order valence-corrected chi connectivity index (χ3v) is 14.0. The summed E-state index contributed by atoms with van der Waals surface area (Å²) in [7, 11) is 0. The van der Waals surface area contributed by atoms with E-state index >= 15 is 0 Å². The van der Waals surface area contributed by atoms with Crippen LogP contribution in [0.15, 0.2) is 212 Å². The van der Waals surface area contributed by atoms with Gasteiger partial charge in [-0.1, -0.05) is 78.7 Å². The Hall–Kier alpha value is -14.6. The zero-order valence-corrected chi connectivity index (χ0v) is 55.0. The predicted octanol–water partition coefficient (Wildman–Crippen LogP) is 16.5. The maximum atomic E-state index is 6.02. The predicted molar refractivity (Wildman–Crippen MR) is 390 cm³/mol. The minimum absolute atomic E-state index is 0. The van der Waals surface area contributed by atoms with Crippen molar-refractivity contribution in [2.45, 2.75) is 13.8 Å². The Morgan fingerprint density at radius 2 is 0.673 bits per heavy atom. The molecule has 9 aromatic carbocycles. The summed E-state index contributed by atoms with van der Waals surface area (Å²) in [4.78, 5) is 4.64. The number of benzene rings is 9. The summed E-state index contributed by atoms with van der Waals surface area (Å²) in [6.07, 6.45) is 25.3. The monoisotopic (exact) mass is 1420 g/mol. The van der Waals surface area contributed by atoms with Gasteiger partial charge in [0.2, 0.25) is 0 Å². The van der Waals surface area contributed by atoms with Crippen molar-refractivity contribution in [3.63, 3.8) is 0 Å². The van der Waals surface area contributed by atoms with Crippen LogP contribution in [0.2, 0.25) is 0 Å². The summed E-state index contributed by atoms with van der Waals surface area (Å²) in [5.41, 5.74) is 18.2. The van der Waals surface area contributed by atoms with Crippen molar-refractivity contribution in [3.8, 4) is 303 Å². The molecule has 98 heavy (non-hydrogen) atoms. The van der Waals surface area contributed by atoms with Gasteiger partial charge in [-0.15, -0.1) is 54.7 Å². The van der Waals surface area contributed by atoms with E-state index in [0.29, 0.717) is 23.0 Å². The molecule has 0 amide bonds. The van der Waals surface area contributed by atoms with Gasteiger partial charge in [-0.3, -0.25) is 0 Å². The quantitative estimate of drug-likeness (QED) is 0.0802. The normalized spacial score (nSPS) is 8.89. The van der Waals surface area contributed by atoms with Gasteiger partial charge in [-0.25, -0.2) is 0 Å². The fraction of sp³-hybridized carbons (Fsp3) is 0.0326. The SMILES string of the molecule is C#CC#CC#CC#COc1ccc(-c2cc(-c3ccc(OC#CC#CC#CC#C)cc3)cc(-c3cc(-c4cc(C)cc(-c5cc[c-]c(-c6ccccn6)c5)c4)cc(-c4cc(-c5ccc(OC#CC#CC#CC#C)cc5)cc(-c5ccc(OCC#CC#CC#CC)cc5)c4)c3)c2)cc1.[Ir]. The number of nitrogens with zero attached hydrogens (tertiary/aromatic N) is 1. The second kappa shape index (κ2) is 35.8. The van der Waals surface area contributed by atoms with Crippen LogP contribution in [-0.4, -0.2) is 11.6 Å². The minimum Gasteiger partial charge on any atom is -0.481 e. The molecule has 0 aliphatic carbocycles. The zero-order valence-electron chi connectivity index (χ0n) is 52.6. The van der Waals surface area contributed by atoms with Gasteiger partial charge in [0.05, 0.1) is 0 Å². The molecule has 10 aromatic rings. The second-order valence-corrected chi connectivity index (χ2v) is 20.4. The number of terminal acetylenes is 3. The first-order valence-corrected chi connectivity index (χ1v) is 29.7. The molecular formula is C92H46IrNO4-. The summed E-state index contributed by atoms with van der Waals surface area (Å²) in [6, 6.07) is 73.3. The van der Waals surface area contributed by atoms with E-state index < -0.39 is 0 Å². The topological polar surface area (TPSA) is 49.8 Å². The van der Waals surface area contributed by atoms with E-state index in [0.717, 1.165) is 106 Å². The Morgan fingerprint density at radius 3 is 1.05 bits per heavy atom. The molecule has 0 spiro atoms. The van der Waals surface area contributed by atoms with E-state index in [2.05, 4.69) is 263 Å². The Morgan fingerprint density at radius 1 is 0.337 bits per heavy atom. The van der Waals surface area contributed by atoms with Gasteiger partial charge in [-0.05, 0) is 307 Å². The van der Waals surface area contributed by atoms with Crippen molar-refractivity contribution in [1.29, 1.82) is 0 Å². The first-order chi connectivity index (χ1) is 47.8. The van der Waals surface area contributed by atoms with Gasteiger partial charge < -0.3 is 23.9 Å². The number of rotatable bonds is 14. The van der Waals surface area contributed by atoms with Crippen molar-refractivity contribution in [2.24, 2.45) is 0 Å². The molecule has 0 fully saturated rings. The zero-order chi connectivity index (χ0) is 67.1. The van der Waals surface area contributed by atoms with Gasteiger partial charge in [0.1, 0.15) is 47.9 Å². The molecule has 0 unspecified atom stereocenters. The molecule has 0 aliphatic rings. The Bertz CT molecular complexity index is 5520. The summed E-state index contributed by atoms with van der Waals surface area (Å²) in [6.45, 7) is 4.01. The van der Waals surface area contributed by atoms with E-state index in [1.807, 2.05) is 121 Å². The smallest absolute Gasteiger partial charge is 0.150 e. The van der Waals surface area contributed by atoms with Crippen LogP contribution < -0.4 is 18.9 Å². The van der Waals surface area contributed by atoms with Crippen LogP contribution in [0.25, 0.3) is 100 Å². The van der Waals surface area contributed by atoms with Gasteiger partial charge in [0, 0.05) is 79.6 Å². The molecule has 0 aliphatic heterocycles. The van der Waals surface area contributed by atoms with Crippen molar-refractivity contribution >= 4 is 0 Å². The Labute approximate surface area is 587 Å². The fourth-order valence-corrected chi connectivity index (χ4v) is 9.75. The standard InChI is InChI=1S/C92H46NO4.Ir/c1-6-10-14-18-22-28-53-94-88-44-36-71(37-45-88)79-61-80(72-38-46-89(47-39-72)95-54-29-23-19-15-11-7-2)64-84(63-79)86-67-83(78-58-70(5)57-77(60-78)75-33-32-34-76(59-75)92-35-26-27-52-93-92)68-87(69-86)85-65-81(73-40-48-90(49-41-73)96-55-30-24-20-16-12-8-3)62-82(66-85)74-42-50-91(51-43-74)97-56-31-25-21-17-13-9-4;/h1-3,26-27,32-33,35-52,57-69H,56H2,4-5H3;/q-1;. The largest absolute Gasteiger partial charge is 0.481 e. The summed E-state index contributed by atoms with van der Waals surface area (Å²) in [5, 5.41) is 0. The molecule has 0 saturated carbocycles. The number of aromatic nitrogens is 1. The molecule has 1 radical (unpaired) electrons. The Balaban J connectivity index is 0.0000112. The van der Waals surface area contributed by atoms with Crippen LogP contribution in [0.3, 0.4) is 0 Å². The maximum Gasteiger partial charge on any atom is 0.150 e. The average Bonchev–Trinajstić information content (AvgIpc) is 0.782. The average molecular weight is 1420 g/mol. The second-order valence-electron chi connectivity index (χ2n) is 20.4. The number of aryl methyl sites for hydroxylation is 1.